The summed E-state index contributed by atoms with van der Waals surface area (Å²) in [6, 6.07) is 7.27. The van der Waals surface area contributed by atoms with Gasteiger partial charge >= 0.3 is 0 Å². The first-order valence-corrected chi connectivity index (χ1v) is 18.6. The Morgan fingerprint density at radius 2 is 1.67 bits per heavy atom. The van der Waals surface area contributed by atoms with E-state index in [1.807, 2.05) is 31.2 Å². The van der Waals surface area contributed by atoms with Gasteiger partial charge in [0.1, 0.15) is 18.1 Å². The molecule has 19 heteroatoms. The Balaban J connectivity index is 1.62. The lowest BCUT2D eigenvalue weighted by atomic mass is 9.96. The number of hydrogen-bond donors (Lipinski definition) is 10. The highest BCUT2D eigenvalue weighted by Gasteiger charge is 2.41. The second-order valence-corrected chi connectivity index (χ2v) is 14.0. The maximum atomic E-state index is 14.4. The number of fused-ring (bicyclic) bond motifs is 1. The zero-order valence-corrected chi connectivity index (χ0v) is 31.5. The lowest BCUT2D eigenvalue weighted by Gasteiger charge is -2.32. The number of amides is 6. The molecule has 0 aliphatic carbocycles. The Bertz CT molecular complexity index is 1960. The number of benzene rings is 1. The number of aliphatic imine (C=N–C) groups is 1. The van der Waals surface area contributed by atoms with E-state index in [1.54, 1.807) is 23.7 Å². The predicted molar refractivity (Wildman–Crippen MR) is 207 cm³/mol. The number of rotatable bonds is 21. The number of nitrogens with zero attached hydrogens (tertiary/aromatic N) is 2. The van der Waals surface area contributed by atoms with Crippen LogP contribution in [-0.2, 0) is 47.1 Å². The summed E-state index contributed by atoms with van der Waals surface area (Å²) < 4.78 is 0. The van der Waals surface area contributed by atoms with E-state index >= 15 is 0 Å². The Hall–Kier alpha value is -6.24. The number of hydrogen-bond acceptors (Lipinski definition) is 9. The van der Waals surface area contributed by atoms with Crippen LogP contribution in [0.1, 0.15) is 55.7 Å². The molecule has 4 rings (SSSR count). The van der Waals surface area contributed by atoms with Crippen molar-refractivity contribution in [3.8, 4) is 0 Å². The predicted octanol–water partition coefficient (Wildman–Crippen LogP) is -0.321. The molecule has 4 aromatic rings. The summed E-state index contributed by atoms with van der Waals surface area (Å²) in [6.07, 6.45) is 5.81. The van der Waals surface area contributed by atoms with Crippen molar-refractivity contribution in [1.82, 2.24) is 41.5 Å². The molecule has 18 nitrogen and oxygen atoms in total. The second kappa shape index (κ2) is 19.7. The molecule has 0 saturated carbocycles. The largest absolute Gasteiger partial charge is 0.370 e. The molecule has 13 N–H and O–H groups in total. The topological polar surface area (TPSA) is 297 Å². The van der Waals surface area contributed by atoms with E-state index in [0.29, 0.717) is 22.6 Å². The van der Waals surface area contributed by atoms with Crippen molar-refractivity contribution in [1.29, 1.82) is 0 Å². The van der Waals surface area contributed by atoms with Crippen LogP contribution in [-0.4, -0.2) is 87.6 Å². The van der Waals surface area contributed by atoms with Crippen LogP contribution >= 0.6 is 11.3 Å². The standard InChI is InChI=1S/C36H48N12O6S/c1-3-8-30(50)45-27(16-22-18-40-20-44-22)33(53)48-36(2,28-12-7-14-55-28)34(54)47-25(11-6-13-41-35(38)39)32(52)46-26(31(51)43-19-29(37)49)15-21-17-42-24-10-5-4-9-23(21)24/h4-5,7,9-10,12,14,17-18,20,25-27,42H,3,6,8,11,13,15-16,19H2,1-2H3,(H2,37,49)(H,40,44)(H,43,51)(H,45,50)(H,46,52)(H,47,54)(H,48,53)(H4,38,39,41)/t25-,26-,27-,36-/m0/s1. The Kier molecular flexibility index (Phi) is 14.9. The second-order valence-electron chi connectivity index (χ2n) is 13.0. The summed E-state index contributed by atoms with van der Waals surface area (Å²) in [5.74, 6) is -4.06. The molecule has 0 bridgehead atoms. The molecule has 0 spiro atoms. The van der Waals surface area contributed by atoms with Gasteiger partial charge in [-0.25, -0.2) is 4.98 Å². The summed E-state index contributed by atoms with van der Waals surface area (Å²) in [4.78, 5) is 94.6. The highest BCUT2D eigenvalue weighted by atomic mass is 32.1. The normalized spacial score (nSPS) is 13.7. The number of para-hydroxylation sites is 1. The fraction of sp³-hybridized carbons (Fsp3) is 0.389. The van der Waals surface area contributed by atoms with Crippen LogP contribution in [0.3, 0.4) is 0 Å². The van der Waals surface area contributed by atoms with E-state index in [9.17, 15) is 28.8 Å². The first-order chi connectivity index (χ1) is 26.3. The lowest BCUT2D eigenvalue weighted by Crippen LogP contribution is -2.62. The minimum absolute atomic E-state index is 0.0272. The number of nitrogens with two attached hydrogens (primary N) is 3. The highest BCUT2D eigenvalue weighted by Crippen LogP contribution is 2.27. The van der Waals surface area contributed by atoms with Gasteiger partial charge in [0.25, 0.3) is 5.91 Å². The van der Waals surface area contributed by atoms with Gasteiger partial charge in [-0.2, -0.15) is 0 Å². The molecule has 3 aromatic heterocycles. The van der Waals surface area contributed by atoms with Crippen LogP contribution in [0.15, 0.2) is 65.5 Å². The Morgan fingerprint density at radius 3 is 2.35 bits per heavy atom. The number of thiophene rings is 1. The first kappa shape index (κ1) is 41.5. The number of aromatic nitrogens is 3. The summed E-state index contributed by atoms with van der Waals surface area (Å²) in [5, 5.41) is 16.1. The van der Waals surface area contributed by atoms with Gasteiger partial charge in [-0.15, -0.1) is 11.3 Å². The first-order valence-electron chi connectivity index (χ1n) is 17.7. The number of H-pyrrole nitrogens is 2. The monoisotopic (exact) mass is 776 g/mol. The van der Waals surface area contributed by atoms with Gasteiger partial charge in [-0.05, 0) is 49.3 Å². The van der Waals surface area contributed by atoms with Gasteiger partial charge in [-0.1, -0.05) is 31.2 Å². The van der Waals surface area contributed by atoms with Crippen LogP contribution in [0.2, 0.25) is 0 Å². The molecule has 55 heavy (non-hydrogen) atoms. The molecule has 6 amide bonds. The van der Waals surface area contributed by atoms with Crippen molar-refractivity contribution in [3.63, 3.8) is 0 Å². The van der Waals surface area contributed by atoms with Crippen LogP contribution in [0.4, 0.5) is 0 Å². The van der Waals surface area contributed by atoms with E-state index < -0.39 is 59.7 Å². The zero-order chi connectivity index (χ0) is 40.0. The summed E-state index contributed by atoms with van der Waals surface area (Å²) >= 11 is 1.21. The van der Waals surface area contributed by atoms with Gasteiger partial charge in [0, 0.05) is 59.7 Å². The number of aromatic amines is 2. The molecule has 0 aliphatic heterocycles. The van der Waals surface area contributed by atoms with Gasteiger partial charge < -0.3 is 53.8 Å². The average molecular weight is 777 g/mol. The number of primary amides is 1. The molecular formula is C36H48N12O6S. The smallest absolute Gasteiger partial charge is 0.251 e. The van der Waals surface area contributed by atoms with E-state index in [-0.39, 0.29) is 50.5 Å². The maximum Gasteiger partial charge on any atom is 0.251 e. The summed E-state index contributed by atoms with van der Waals surface area (Å²) in [7, 11) is 0. The summed E-state index contributed by atoms with van der Waals surface area (Å²) in [6.45, 7) is 3.00. The number of carbonyl (C=O) groups is 6. The van der Waals surface area contributed by atoms with Gasteiger partial charge in [0.05, 0.1) is 12.9 Å². The van der Waals surface area contributed by atoms with E-state index in [1.165, 1.54) is 30.8 Å². The third-order valence-corrected chi connectivity index (χ3v) is 9.78. The van der Waals surface area contributed by atoms with Crippen molar-refractivity contribution in [2.24, 2.45) is 22.2 Å². The van der Waals surface area contributed by atoms with Crippen molar-refractivity contribution in [2.75, 3.05) is 13.1 Å². The number of carbonyl (C=O) groups excluding carboxylic acids is 6. The molecule has 0 radical (unpaired) electrons. The van der Waals surface area contributed by atoms with Gasteiger partial charge in [0.15, 0.2) is 11.5 Å². The number of nitrogens with one attached hydrogen (secondary N) is 7. The third-order valence-electron chi connectivity index (χ3n) is 8.68. The fourth-order valence-electron chi connectivity index (χ4n) is 5.82. The van der Waals surface area contributed by atoms with Crippen LogP contribution < -0.4 is 43.8 Å². The average Bonchev–Trinajstić information content (AvgIpc) is 3.95. The minimum atomic E-state index is -1.73. The molecule has 294 valence electrons. The van der Waals surface area contributed by atoms with Gasteiger partial charge in [0.2, 0.25) is 29.5 Å². The van der Waals surface area contributed by atoms with Crippen molar-refractivity contribution < 1.29 is 28.8 Å². The SMILES string of the molecule is CCCC(=O)N[C@@H](Cc1cnc[nH]1)C(=O)N[C@](C)(C(=O)N[C@@H](CCCN=C(N)N)C(=O)N[C@@H](Cc1c[nH]c2ccccc12)C(=O)NCC(N)=O)c1cccs1. The highest BCUT2D eigenvalue weighted by molar-refractivity contribution is 7.10. The van der Waals surface area contributed by atoms with E-state index in [0.717, 1.165) is 10.9 Å². The Morgan fingerprint density at radius 1 is 0.909 bits per heavy atom. The van der Waals surface area contributed by atoms with Gasteiger partial charge in [-0.3, -0.25) is 33.8 Å². The fourth-order valence-corrected chi connectivity index (χ4v) is 6.66. The van der Waals surface area contributed by atoms with Crippen LogP contribution in [0.25, 0.3) is 10.9 Å². The van der Waals surface area contributed by atoms with Crippen molar-refractivity contribution in [2.45, 2.75) is 76.0 Å². The number of imidazole rings is 1. The third kappa shape index (κ3) is 11.9. The molecule has 3 heterocycles. The number of guanidine groups is 1. The summed E-state index contributed by atoms with van der Waals surface area (Å²) in [5.41, 5.74) is 16.7. The molecule has 0 unspecified atom stereocenters. The molecule has 0 fully saturated rings. The molecule has 0 aliphatic rings. The van der Waals surface area contributed by atoms with Crippen molar-refractivity contribution >= 4 is 63.6 Å². The quantitative estimate of drug-likeness (QED) is 0.0301. The van der Waals surface area contributed by atoms with E-state index in [2.05, 4.69) is 46.5 Å². The van der Waals surface area contributed by atoms with Crippen LogP contribution in [0.5, 0.6) is 0 Å². The van der Waals surface area contributed by atoms with Crippen LogP contribution in [0, 0.1) is 0 Å². The van der Waals surface area contributed by atoms with Crippen molar-refractivity contribution in [3.05, 3.63) is 76.6 Å². The molecular weight excluding hydrogens is 729 g/mol. The zero-order valence-electron chi connectivity index (χ0n) is 30.6. The van der Waals surface area contributed by atoms with E-state index in [4.69, 9.17) is 17.2 Å². The molecule has 0 saturated heterocycles. The molecule has 4 atom stereocenters. The lowest BCUT2D eigenvalue weighted by molar-refractivity contribution is -0.137. The Labute approximate surface area is 321 Å². The molecule has 1 aromatic carbocycles. The minimum Gasteiger partial charge on any atom is -0.370 e. The maximum absolute atomic E-state index is 14.4.